The van der Waals surface area contributed by atoms with Crippen molar-refractivity contribution < 1.29 is 4.74 Å². The Labute approximate surface area is 73.3 Å². The van der Waals surface area contributed by atoms with Gasteiger partial charge in [-0.3, -0.25) is 4.68 Å². The molecule has 0 aliphatic rings. The van der Waals surface area contributed by atoms with Gasteiger partial charge in [-0.15, -0.1) is 0 Å². The highest BCUT2D eigenvalue weighted by atomic mass is 16.5. The van der Waals surface area contributed by atoms with E-state index in [9.17, 15) is 0 Å². The van der Waals surface area contributed by atoms with Crippen LogP contribution in [-0.4, -0.2) is 16.9 Å². The minimum atomic E-state index is 0.625. The fourth-order valence-corrected chi connectivity index (χ4v) is 1.14. The van der Waals surface area contributed by atoms with Gasteiger partial charge in [-0.25, -0.2) is 0 Å². The van der Waals surface area contributed by atoms with Crippen molar-refractivity contribution in [3.8, 4) is 0 Å². The lowest BCUT2D eigenvalue weighted by molar-refractivity contribution is 0.175. The molecule has 0 N–H and O–H groups in total. The summed E-state index contributed by atoms with van der Waals surface area (Å²) in [5, 5.41) is 4.21. The summed E-state index contributed by atoms with van der Waals surface area (Å²) in [6, 6.07) is 1.99. The van der Waals surface area contributed by atoms with Gasteiger partial charge in [0.2, 0.25) is 0 Å². The Bertz CT molecular complexity index is 230. The van der Waals surface area contributed by atoms with E-state index in [4.69, 9.17) is 4.74 Å². The number of hydrogen-bond acceptors (Lipinski definition) is 2. The molecule has 0 aliphatic heterocycles. The first kappa shape index (κ1) is 9.26. The third-order valence-corrected chi connectivity index (χ3v) is 1.63. The lowest BCUT2D eigenvalue weighted by Gasteiger charge is -2.08. The fourth-order valence-electron chi connectivity index (χ4n) is 1.14. The second-order valence-corrected chi connectivity index (χ2v) is 3.33. The molecule has 0 aliphatic carbocycles. The van der Waals surface area contributed by atoms with Crippen molar-refractivity contribution in [3.05, 3.63) is 18.0 Å². The molecule has 0 bridgehead atoms. The van der Waals surface area contributed by atoms with Crippen molar-refractivity contribution in [1.29, 1.82) is 0 Å². The Balaban J connectivity index is 2.63. The third kappa shape index (κ3) is 2.34. The smallest absolute Gasteiger partial charge is 0.0880 e. The predicted octanol–water partition coefficient (Wildman–Crippen LogP) is 1.69. The average Bonchev–Trinajstić information content (AvgIpc) is 2.37. The van der Waals surface area contributed by atoms with Gasteiger partial charge in [0, 0.05) is 19.9 Å². The lowest BCUT2D eigenvalue weighted by atomic mass is 10.2. The SMILES string of the molecule is COCc1ccnn1CC(C)C. The zero-order valence-electron chi connectivity index (χ0n) is 7.95. The number of aromatic nitrogens is 2. The summed E-state index contributed by atoms with van der Waals surface area (Å²) in [5.41, 5.74) is 1.14. The minimum absolute atomic E-state index is 0.625. The van der Waals surface area contributed by atoms with Crippen LogP contribution in [0.15, 0.2) is 12.3 Å². The summed E-state index contributed by atoms with van der Waals surface area (Å²) >= 11 is 0. The molecular weight excluding hydrogens is 152 g/mol. The van der Waals surface area contributed by atoms with Crippen LogP contribution in [0.4, 0.5) is 0 Å². The van der Waals surface area contributed by atoms with Gasteiger partial charge in [-0.1, -0.05) is 13.8 Å². The molecule has 1 aromatic heterocycles. The minimum Gasteiger partial charge on any atom is -0.378 e. The molecule has 0 saturated carbocycles. The summed E-state index contributed by atoms with van der Waals surface area (Å²) in [5.74, 6) is 0.625. The van der Waals surface area contributed by atoms with Crippen LogP contribution in [0.5, 0.6) is 0 Å². The molecule has 12 heavy (non-hydrogen) atoms. The van der Waals surface area contributed by atoms with Gasteiger partial charge in [0.15, 0.2) is 0 Å². The van der Waals surface area contributed by atoms with Gasteiger partial charge in [0.1, 0.15) is 0 Å². The van der Waals surface area contributed by atoms with E-state index in [-0.39, 0.29) is 0 Å². The molecule has 0 amide bonds. The quantitative estimate of drug-likeness (QED) is 0.684. The Morgan fingerprint density at radius 3 is 2.92 bits per heavy atom. The van der Waals surface area contributed by atoms with Crippen LogP contribution in [0, 0.1) is 5.92 Å². The largest absolute Gasteiger partial charge is 0.378 e. The van der Waals surface area contributed by atoms with Crippen LogP contribution in [0.3, 0.4) is 0 Å². The van der Waals surface area contributed by atoms with E-state index in [1.807, 2.05) is 16.9 Å². The van der Waals surface area contributed by atoms with Crippen LogP contribution in [-0.2, 0) is 17.9 Å². The van der Waals surface area contributed by atoms with Gasteiger partial charge >= 0.3 is 0 Å². The molecule has 3 heteroatoms. The molecule has 0 aromatic carbocycles. The predicted molar refractivity (Wildman–Crippen MR) is 47.8 cm³/mol. The highest BCUT2D eigenvalue weighted by Crippen LogP contribution is 2.04. The third-order valence-electron chi connectivity index (χ3n) is 1.63. The Hall–Kier alpha value is -0.830. The van der Waals surface area contributed by atoms with Gasteiger partial charge in [0.25, 0.3) is 0 Å². The van der Waals surface area contributed by atoms with E-state index in [1.165, 1.54) is 0 Å². The highest BCUT2D eigenvalue weighted by molar-refractivity contribution is 4.98. The van der Waals surface area contributed by atoms with E-state index >= 15 is 0 Å². The fraction of sp³-hybridized carbons (Fsp3) is 0.667. The van der Waals surface area contributed by atoms with Gasteiger partial charge in [0.05, 0.1) is 12.3 Å². The molecule has 0 atom stereocenters. The van der Waals surface area contributed by atoms with Crippen LogP contribution in [0.1, 0.15) is 19.5 Å². The molecule has 0 radical (unpaired) electrons. The normalized spacial score (nSPS) is 11.0. The van der Waals surface area contributed by atoms with E-state index in [1.54, 1.807) is 7.11 Å². The Kier molecular flexibility index (Phi) is 3.29. The maximum absolute atomic E-state index is 5.05. The van der Waals surface area contributed by atoms with E-state index < -0.39 is 0 Å². The molecule has 0 unspecified atom stereocenters. The standard InChI is InChI=1S/C9H16N2O/c1-8(2)6-11-9(7-12-3)4-5-10-11/h4-5,8H,6-7H2,1-3H3. The van der Waals surface area contributed by atoms with Gasteiger partial charge in [-0.05, 0) is 12.0 Å². The van der Waals surface area contributed by atoms with Crippen molar-refractivity contribution in [2.24, 2.45) is 5.92 Å². The Morgan fingerprint density at radius 2 is 2.33 bits per heavy atom. The van der Waals surface area contributed by atoms with Crippen molar-refractivity contribution in [2.75, 3.05) is 7.11 Å². The first-order valence-electron chi connectivity index (χ1n) is 4.23. The molecule has 1 heterocycles. The summed E-state index contributed by atoms with van der Waals surface area (Å²) in [7, 11) is 1.70. The number of hydrogen-bond donors (Lipinski definition) is 0. The van der Waals surface area contributed by atoms with Gasteiger partial charge in [-0.2, -0.15) is 5.10 Å². The monoisotopic (exact) mass is 168 g/mol. The molecular formula is C9H16N2O. The summed E-state index contributed by atoms with van der Waals surface area (Å²) in [6.07, 6.45) is 1.82. The molecule has 3 nitrogen and oxygen atoms in total. The summed E-state index contributed by atoms with van der Waals surface area (Å²) in [6.45, 7) is 5.97. The number of methoxy groups -OCH3 is 1. The van der Waals surface area contributed by atoms with E-state index in [0.717, 1.165) is 12.2 Å². The van der Waals surface area contributed by atoms with Crippen molar-refractivity contribution in [1.82, 2.24) is 9.78 Å². The average molecular weight is 168 g/mol. The molecule has 1 rings (SSSR count). The Morgan fingerprint density at radius 1 is 1.58 bits per heavy atom. The van der Waals surface area contributed by atoms with Crippen molar-refractivity contribution >= 4 is 0 Å². The molecule has 68 valence electrons. The van der Waals surface area contributed by atoms with Crippen molar-refractivity contribution in [2.45, 2.75) is 27.0 Å². The maximum atomic E-state index is 5.05. The first-order chi connectivity index (χ1) is 5.74. The van der Waals surface area contributed by atoms with E-state index in [0.29, 0.717) is 12.5 Å². The molecule has 0 saturated heterocycles. The van der Waals surface area contributed by atoms with Crippen LogP contribution >= 0.6 is 0 Å². The first-order valence-corrected chi connectivity index (χ1v) is 4.23. The number of rotatable bonds is 4. The molecule has 0 fully saturated rings. The van der Waals surface area contributed by atoms with Crippen molar-refractivity contribution in [3.63, 3.8) is 0 Å². The van der Waals surface area contributed by atoms with Crippen LogP contribution in [0.25, 0.3) is 0 Å². The lowest BCUT2D eigenvalue weighted by Crippen LogP contribution is -2.09. The second kappa shape index (κ2) is 4.26. The number of ether oxygens (including phenoxy) is 1. The maximum Gasteiger partial charge on any atom is 0.0880 e. The van der Waals surface area contributed by atoms with Crippen LogP contribution < -0.4 is 0 Å². The zero-order valence-corrected chi connectivity index (χ0v) is 7.95. The molecule has 1 aromatic rings. The zero-order chi connectivity index (χ0) is 8.97. The van der Waals surface area contributed by atoms with Crippen LogP contribution in [0.2, 0.25) is 0 Å². The summed E-state index contributed by atoms with van der Waals surface area (Å²) in [4.78, 5) is 0. The van der Waals surface area contributed by atoms with E-state index in [2.05, 4.69) is 18.9 Å². The van der Waals surface area contributed by atoms with Gasteiger partial charge < -0.3 is 4.74 Å². The molecule has 0 spiro atoms. The highest BCUT2D eigenvalue weighted by Gasteiger charge is 2.02. The summed E-state index contributed by atoms with van der Waals surface area (Å²) < 4.78 is 7.04. The number of nitrogens with zero attached hydrogens (tertiary/aromatic N) is 2. The topological polar surface area (TPSA) is 27.1 Å². The second-order valence-electron chi connectivity index (χ2n) is 3.33.